The minimum absolute atomic E-state index is 0.501. The van der Waals surface area contributed by atoms with Gasteiger partial charge in [0.15, 0.2) is 0 Å². The predicted molar refractivity (Wildman–Crippen MR) is 80.2 cm³/mol. The number of hydrogen-bond acceptors (Lipinski definition) is 2. The van der Waals surface area contributed by atoms with E-state index in [1.165, 1.54) is 5.56 Å². The first-order valence-corrected chi connectivity index (χ1v) is 6.63. The van der Waals surface area contributed by atoms with Gasteiger partial charge in [-0.25, -0.2) is 0 Å². The number of anilines is 1. The van der Waals surface area contributed by atoms with Crippen LogP contribution in [0.2, 0.25) is 0 Å². The van der Waals surface area contributed by atoms with Crippen molar-refractivity contribution in [3.8, 4) is 0 Å². The molecule has 2 rings (SSSR count). The van der Waals surface area contributed by atoms with Gasteiger partial charge in [0.25, 0.3) is 0 Å². The Morgan fingerprint density at radius 3 is 1.95 bits per heavy atom. The zero-order valence-corrected chi connectivity index (χ0v) is 11.7. The summed E-state index contributed by atoms with van der Waals surface area (Å²) < 4.78 is 0. The average Bonchev–Trinajstić information content (AvgIpc) is 2.41. The minimum atomic E-state index is -0.621. The Bertz CT molecular complexity index is 558. The molecule has 0 unspecified atom stereocenters. The summed E-state index contributed by atoms with van der Waals surface area (Å²) in [6, 6.07) is 13.8. The molecule has 2 aromatic rings. The number of benzene rings is 2. The smallest absolute Gasteiger partial charge is 0.104 e. The second-order valence-corrected chi connectivity index (χ2v) is 5.34. The van der Waals surface area contributed by atoms with Gasteiger partial charge in [-0.1, -0.05) is 50.2 Å². The van der Waals surface area contributed by atoms with Crippen molar-refractivity contribution in [1.29, 1.82) is 0 Å². The van der Waals surface area contributed by atoms with E-state index in [2.05, 4.69) is 26.0 Å². The molecule has 0 radical (unpaired) electrons. The molecule has 100 valence electrons. The molecule has 0 spiro atoms. The van der Waals surface area contributed by atoms with E-state index in [1.54, 1.807) is 0 Å². The van der Waals surface area contributed by atoms with Crippen LogP contribution in [0.3, 0.4) is 0 Å². The second-order valence-electron chi connectivity index (χ2n) is 5.34. The van der Waals surface area contributed by atoms with Crippen LogP contribution in [0.25, 0.3) is 0 Å². The van der Waals surface area contributed by atoms with Crippen molar-refractivity contribution < 1.29 is 5.11 Å². The van der Waals surface area contributed by atoms with Gasteiger partial charge >= 0.3 is 0 Å². The summed E-state index contributed by atoms with van der Waals surface area (Å²) in [5.74, 6) is 0.501. The fraction of sp³-hybridized carbons (Fsp3) is 0.294. The van der Waals surface area contributed by atoms with Gasteiger partial charge in [-0.3, -0.25) is 0 Å². The maximum absolute atomic E-state index is 10.4. The molecule has 0 aliphatic heterocycles. The molecule has 2 nitrogen and oxygen atoms in total. The van der Waals surface area contributed by atoms with Crippen molar-refractivity contribution in [2.24, 2.45) is 0 Å². The lowest BCUT2D eigenvalue weighted by Gasteiger charge is -2.14. The van der Waals surface area contributed by atoms with Crippen LogP contribution < -0.4 is 5.73 Å². The molecule has 0 bridgehead atoms. The number of hydrogen-bond donors (Lipinski definition) is 2. The minimum Gasteiger partial charge on any atom is -0.399 e. The van der Waals surface area contributed by atoms with Crippen LogP contribution in [-0.4, -0.2) is 5.11 Å². The van der Waals surface area contributed by atoms with Gasteiger partial charge in [0.2, 0.25) is 0 Å². The first kappa shape index (κ1) is 13.6. The van der Waals surface area contributed by atoms with Gasteiger partial charge < -0.3 is 10.8 Å². The third kappa shape index (κ3) is 2.96. The van der Waals surface area contributed by atoms with Crippen LogP contribution >= 0.6 is 0 Å². The van der Waals surface area contributed by atoms with Crippen LogP contribution in [-0.2, 0) is 0 Å². The van der Waals surface area contributed by atoms with E-state index in [0.717, 1.165) is 22.4 Å². The molecular weight excluding hydrogens is 234 g/mol. The second kappa shape index (κ2) is 5.45. The van der Waals surface area contributed by atoms with Crippen molar-refractivity contribution in [1.82, 2.24) is 0 Å². The Morgan fingerprint density at radius 2 is 1.42 bits per heavy atom. The molecule has 19 heavy (non-hydrogen) atoms. The predicted octanol–water partition coefficient (Wildman–Crippen LogP) is 3.78. The highest BCUT2D eigenvalue weighted by molar-refractivity contribution is 5.50. The van der Waals surface area contributed by atoms with Crippen molar-refractivity contribution in [3.63, 3.8) is 0 Å². The van der Waals surface area contributed by atoms with Crippen molar-refractivity contribution in [3.05, 3.63) is 64.7 Å². The van der Waals surface area contributed by atoms with Crippen molar-refractivity contribution in [2.75, 3.05) is 5.73 Å². The molecule has 0 heterocycles. The molecule has 3 N–H and O–H groups in total. The normalized spacial score (nSPS) is 12.7. The topological polar surface area (TPSA) is 46.2 Å². The molecule has 0 amide bonds. The van der Waals surface area contributed by atoms with Crippen LogP contribution in [0.15, 0.2) is 42.5 Å². The van der Waals surface area contributed by atoms with Crippen LogP contribution in [0.1, 0.15) is 48.1 Å². The zero-order valence-electron chi connectivity index (χ0n) is 11.7. The third-order valence-corrected chi connectivity index (χ3v) is 3.54. The summed E-state index contributed by atoms with van der Waals surface area (Å²) in [6.07, 6.45) is -0.621. The summed E-state index contributed by atoms with van der Waals surface area (Å²) in [5, 5.41) is 10.4. The van der Waals surface area contributed by atoms with Crippen molar-refractivity contribution in [2.45, 2.75) is 32.8 Å². The van der Waals surface area contributed by atoms with E-state index < -0.39 is 6.10 Å². The molecule has 1 atom stereocenters. The Labute approximate surface area is 114 Å². The van der Waals surface area contributed by atoms with Gasteiger partial charge in [0.05, 0.1) is 0 Å². The number of aryl methyl sites for hydroxylation is 1. The van der Waals surface area contributed by atoms with Crippen LogP contribution in [0.4, 0.5) is 5.69 Å². The molecule has 2 heteroatoms. The Morgan fingerprint density at radius 1 is 0.895 bits per heavy atom. The molecule has 0 saturated heterocycles. The monoisotopic (exact) mass is 255 g/mol. The van der Waals surface area contributed by atoms with Crippen molar-refractivity contribution >= 4 is 5.69 Å². The van der Waals surface area contributed by atoms with Gasteiger partial charge in [-0.15, -0.1) is 0 Å². The number of aliphatic hydroxyl groups excluding tert-OH is 1. The Balaban J connectivity index is 2.27. The van der Waals surface area contributed by atoms with Gasteiger partial charge in [0.1, 0.15) is 6.10 Å². The zero-order chi connectivity index (χ0) is 14.0. The van der Waals surface area contributed by atoms with E-state index in [-0.39, 0.29) is 0 Å². The standard InChI is InChI=1S/C17H21NO/c1-11(2)13-6-8-14(9-7-13)17(19)15-5-4-12(3)16(18)10-15/h4-11,17,19H,18H2,1-3H3/t17-/m1/s1. The Kier molecular flexibility index (Phi) is 3.91. The largest absolute Gasteiger partial charge is 0.399 e. The first-order valence-electron chi connectivity index (χ1n) is 6.63. The lowest BCUT2D eigenvalue weighted by atomic mass is 9.96. The molecule has 2 aromatic carbocycles. The summed E-state index contributed by atoms with van der Waals surface area (Å²) in [7, 11) is 0. The molecule has 0 aliphatic carbocycles. The molecular formula is C17H21NO. The summed E-state index contributed by atoms with van der Waals surface area (Å²) in [5.41, 5.74) is 10.6. The first-order chi connectivity index (χ1) is 8.99. The third-order valence-electron chi connectivity index (χ3n) is 3.54. The maximum atomic E-state index is 10.4. The fourth-order valence-electron chi connectivity index (χ4n) is 2.08. The summed E-state index contributed by atoms with van der Waals surface area (Å²) >= 11 is 0. The average molecular weight is 255 g/mol. The van der Waals surface area contributed by atoms with E-state index in [1.807, 2.05) is 37.3 Å². The van der Waals surface area contributed by atoms with E-state index >= 15 is 0 Å². The number of nitrogen functional groups attached to an aromatic ring is 1. The van der Waals surface area contributed by atoms with Gasteiger partial charge in [-0.2, -0.15) is 0 Å². The number of aliphatic hydroxyl groups is 1. The lowest BCUT2D eigenvalue weighted by molar-refractivity contribution is 0.220. The fourth-order valence-corrected chi connectivity index (χ4v) is 2.08. The molecule has 0 fully saturated rings. The molecule has 0 aliphatic rings. The van der Waals surface area contributed by atoms with Crippen LogP contribution in [0, 0.1) is 6.92 Å². The van der Waals surface area contributed by atoms with E-state index in [9.17, 15) is 5.11 Å². The highest BCUT2D eigenvalue weighted by atomic mass is 16.3. The highest BCUT2D eigenvalue weighted by Gasteiger charge is 2.11. The SMILES string of the molecule is Cc1ccc([C@H](O)c2ccc(C(C)C)cc2)cc1N. The number of rotatable bonds is 3. The summed E-state index contributed by atoms with van der Waals surface area (Å²) in [6.45, 7) is 6.28. The Hall–Kier alpha value is -1.80. The van der Waals surface area contributed by atoms with Gasteiger partial charge in [-0.05, 0) is 41.2 Å². The highest BCUT2D eigenvalue weighted by Crippen LogP contribution is 2.26. The molecule has 0 aromatic heterocycles. The van der Waals surface area contributed by atoms with Gasteiger partial charge in [0, 0.05) is 5.69 Å². The summed E-state index contributed by atoms with van der Waals surface area (Å²) in [4.78, 5) is 0. The lowest BCUT2D eigenvalue weighted by Crippen LogP contribution is -2.02. The number of nitrogens with two attached hydrogens (primary N) is 1. The van der Waals surface area contributed by atoms with E-state index in [4.69, 9.17) is 5.73 Å². The maximum Gasteiger partial charge on any atom is 0.104 e. The molecule has 0 saturated carbocycles. The van der Waals surface area contributed by atoms with Crippen LogP contribution in [0.5, 0.6) is 0 Å². The quantitative estimate of drug-likeness (QED) is 0.820. The van der Waals surface area contributed by atoms with E-state index in [0.29, 0.717) is 5.92 Å².